The number of carbonyl (C=O) groups is 3. The summed E-state index contributed by atoms with van der Waals surface area (Å²) < 4.78 is 5.59. The molecule has 4 rings (SSSR count). The SMILES string of the molecule is Cc1cc2c(cc1C(=O)c1cccs1)N(CC(=O)N[C@H]1CCCC[C@H]1C)C(=O)CO2. The minimum atomic E-state index is -0.285. The van der Waals surface area contributed by atoms with Gasteiger partial charge in [-0.25, -0.2) is 0 Å². The molecule has 0 spiro atoms. The maximum absolute atomic E-state index is 12.9. The van der Waals surface area contributed by atoms with Crippen molar-refractivity contribution >= 4 is 34.6 Å². The van der Waals surface area contributed by atoms with Crippen LogP contribution in [0, 0.1) is 12.8 Å². The molecule has 2 atom stereocenters. The molecule has 1 aliphatic carbocycles. The summed E-state index contributed by atoms with van der Waals surface area (Å²) in [6.45, 7) is 3.82. The second-order valence-electron chi connectivity index (χ2n) is 8.15. The Hall–Kier alpha value is -2.67. The maximum atomic E-state index is 12.9. The van der Waals surface area contributed by atoms with Crippen molar-refractivity contribution in [2.24, 2.45) is 5.92 Å². The number of amides is 2. The van der Waals surface area contributed by atoms with Crippen molar-refractivity contribution in [2.45, 2.75) is 45.6 Å². The molecule has 2 aliphatic rings. The van der Waals surface area contributed by atoms with E-state index in [9.17, 15) is 14.4 Å². The first-order chi connectivity index (χ1) is 14.4. The van der Waals surface area contributed by atoms with Crippen LogP contribution in [-0.4, -0.2) is 36.8 Å². The lowest BCUT2D eigenvalue weighted by Gasteiger charge is -2.32. The van der Waals surface area contributed by atoms with E-state index in [1.54, 1.807) is 18.2 Å². The summed E-state index contributed by atoms with van der Waals surface area (Å²) in [6.07, 6.45) is 4.39. The van der Waals surface area contributed by atoms with Gasteiger partial charge in [-0.1, -0.05) is 25.8 Å². The second-order valence-corrected chi connectivity index (χ2v) is 9.09. The fraction of sp³-hybridized carbons (Fsp3) is 0.435. The van der Waals surface area contributed by atoms with Crippen molar-refractivity contribution in [3.05, 3.63) is 45.6 Å². The zero-order chi connectivity index (χ0) is 21.3. The van der Waals surface area contributed by atoms with E-state index in [4.69, 9.17) is 4.74 Å². The third-order valence-electron chi connectivity index (χ3n) is 6.00. The molecule has 2 amide bonds. The molecular formula is C23H26N2O4S. The van der Waals surface area contributed by atoms with E-state index < -0.39 is 0 Å². The summed E-state index contributed by atoms with van der Waals surface area (Å²) in [6, 6.07) is 7.22. The molecule has 7 heteroatoms. The highest BCUT2D eigenvalue weighted by Gasteiger charge is 2.31. The van der Waals surface area contributed by atoms with Gasteiger partial charge in [0.05, 0.1) is 10.6 Å². The summed E-state index contributed by atoms with van der Waals surface area (Å²) in [7, 11) is 0. The molecule has 0 unspecified atom stereocenters. The minimum Gasteiger partial charge on any atom is -0.482 e. The van der Waals surface area contributed by atoms with Crippen molar-refractivity contribution in [2.75, 3.05) is 18.1 Å². The largest absolute Gasteiger partial charge is 0.482 e. The lowest BCUT2D eigenvalue weighted by Crippen LogP contribution is -2.49. The van der Waals surface area contributed by atoms with Crippen LogP contribution in [0.3, 0.4) is 0 Å². The zero-order valence-electron chi connectivity index (χ0n) is 17.3. The quantitative estimate of drug-likeness (QED) is 0.740. The molecule has 1 fully saturated rings. The molecule has 30 heavy (non-hydrogen) atoms. The molecular weight excluding hydrogens is 400 g/mol. The molecule has 158 valence electrons. The number of fused-ring (bicyclic) bond motifs is 1. The summed E-state index contributed by atoms with van der Waals surface area (Å²) >= 11 is 1.38. The van der Waals surface area contributed by atoms with Crippen LogP contribution < -0.4 is 15.0 Å². The van der Waals surface area contributed by atoms with Gasteiger partial charge in [0, 0.05) is 11.6 Å². The van der Waals surface area contributed by atoms with Crippen molar-refractivity contribution in [1.82, 2.24) is 5.32 Å². The third kappa shape index (κ3) is 4.12. The van der Waals surface area contributed by atoms with E-state index in [0.717, 1.165) is 24.8 Å². The van der Waals surface area contributed by atoms with E-state index in [0.29, 0.717) is 27.8 Å². The Kier molecular flexibility index (Phi) is 5.90. The van der Waals surface area contributed by atoms with Crippen LogP contribution in [0.25, 0.3) is 0 Å². The molecule has 1 N–H and O–H groups in total. The van der Waals surface area contributed by atoms with Crippen LogP contribution in [-0.2, 0) is 9.59 Å². The van der Waals surface area contributed by atoms with Crippen LogP contribution in [0.5, 0.6) is 5.75 Å². The molecule has 1 aromatic heterocycles. The van der Waals surface area contributed by atoms with E-state index in [1.807, 2.05) is 18.4 Å². The Morgan fingerprint density at radius 2 is 2.07 bits per heavy atom. The van der Waals surface area contributed by atoms with Crippen LogP contribution in [0.1, 0.15) is 53.4 Å². The number of carbonyl (C=O) groups excluding carboxylic acids is 3. The number of thiophene rings is 1. The number of ether oxygens (including phenoxy) is 1. The van der Waals surface area contributed by atoms with Crippen LogP contribution >= 0.6 is 11.3 Å². The maximum Gasteiger partial charge on any atom is 0.265 e. The topological polar surface area (TPSA) is 75.7 Å². The van der Waals surface area contributed by atoms with Crippen LogP contribution in [0.2, 0.25) is 0 Å². The van der Waals surface area contributed by atoms with E-state index in [2.05, 4.69) is 12.2 Å². The van der Waals surface area contributed by atoms with Crippen molar-refractivity contribution in [3.8, 4) is 5.75 Å². The Labute approximate surface area is 180 Å². The Morgan fingerprint density at radius 1 is 1.27 bits per heavy atom. The average Bonchev–Trinajstić information content (AvgIpc) is 3.26. The monoisotopic (exact) mass is 426 g/mol. The number of anilines is 1. The van der Waals surface area contributed by atoms with Gasteiger partial charge >= 0.3 is 0 Å². The Morgan fingerprint density at radius 3 is 2.80 bits per heavy atom. The smallest absolute Gasteiger partial charge is 0.265 e. The standard InChI is InChI=1S/C23H26N2O4S/c1-14-6-3-4-7-17(14)24-21(26)12-25-18-11-16(23(28)20-8-5-9-30-20)15(2)10-19(18)29-13-22(25)27/h5,8-11,14,17H,3-4,6-7,12-13H2,1-2H3,(H,24,26)/t14-,17+/m1/s1. The van der Waals surface area contributed by atoms with Gasteiger partial charge in [-0.3, -0.25) is 19.3 Å². The molecule has 1 aromatic carbocycles. The Balaban J connectivity index is 1.58. The normalized spacial score (nSPS) is 21.0. The molecule has 2 heterocycles. The van der Waals surface area contributed by atoms with Crippen molar-refractivity contribution < 1.29 is 19.1 Å². The highest BCUT2D eigenvalue weighted by molar-refractivity contribution is 7.12. The number of rotatable bonds is 5. The Bertz CT molecular complexity index is 970. The van der Waals surface area contributed by atoms with Gasteiger partial charge in [0.2, 0.25) is 11.7 Å². The predicted molar refractivity (Wildman–Crippen MR) is 116 cm³/mol. The van der Waals surface area contributed by atoms with E-state index in [-0.39, 0.29) is 36.8 Å². The number of nitrogens with one attached hydrogen (secondary N) is 1. The third-order valence-corrected chi connectivity index (χ3v) is 6.87. The van der Waals surface area contributed by atoms with E-state index >= 15 is 0 Å². The lowest BCUT2D eigenvalue weighted by molar-refractivity contribution is -0.126. The number of nitrogens with zero attached hydrogens (tertiary/aromatic N) is 1. The number of ketones is 1. The molecule has 0 radical (unpaired) electrons. The van der Waals surface area contributed by atoms with Gasteiger partial charge < -0.3 is 10.1 Å². The zero-order valence-corrected chi connectivity index (χ0v) is 18.1. The van der Waals surface area contributed by atoms with Crippen LogP contribution in [0.15, 0.2) is 29.6 Å². The number of hydrogen-bond acceptors (Lipinski definition) is 5. The summed E-state index contributed by atoms with van der Waals surface area (Å²) in [5.74, 6) is 0.403. The van der Waals surface area contributed by atoms with Gasteiger partial charge in [0.15, 0.2) is 6.61 Å². The van der Waals surface area contributed by atoms with E-state index in [1.165, 1.54) is 22.7 Å². The fourth-order valence-electron chi connectivity index (χ4n) is 4.23. The summed E-state index contributed by atoms with van der Waals surface area (Å²) in [5, 5.41) is 4.96. The number of aryl methyl sites for hydroxylation is 1. The average molecular weight is 427 g/mol. The first-order valence-corrected chi connectivity index (χ1v) is 11.3. The first-order valence-electron chi connectivity index (χ1n) is 10.4. The molecule has 0 bridgehead atoms. The second kappa shape index (κ2) is 8.60. The van der Waals surface area contributed by atoms with Gasteiger partial charge in [-0.2, -0.15) is 0 Å². The van der Waals surface area contributed by atoms with Crippen LogP contribution in [0.4, 0.5) is 5.69 Å². The first kappa shape index (κ1) is 20.6. The highest BCUT2D eigenvalue weighted by Crippen LogP contribution is 2.36. The minimum absolute atomic E-state index is 0.0753. The highest BCUT2D eigenvalue weighted by atomic mass is 32.1. The molecule has 2 aromatic rings. The summed E-state index contributed by atoms with van der Waals surface area (Å²) in [5.41, 5.74) is 1.77. The van der Waals surface area contributed by atoms with Gasteiger partial charge in [0.1, 0.15) is 12.3 Å². The molecule has 1 aliphatic heterocycles. The molecule has 6 nitrogen and oxygen atoms in total. The van der Waals surface area contributed by atoms with Crippen molar-refractivity contribution in [3.63, 3.8) is 0 Å². The van der Waals surface area contributed by atoms with Gasteiger partial charge in [0.25, 0.3) is 5.91 Å². The molecule has 0 saturated heterocycles. The fourth-order valence-corrected chi connectivity index (χ4v) is 4.91. The number of hydrogen-bond donors (Lipinski definition) is 1. The predicted octanol–water partition coefficient (Wildman–Crippen LogP) is 3.71. The number of benzene rings is 1. The van der Waals surface area contributed by atoms with Gasteiger partial charge in [-0.05, 0) is 54.8 Å². The lowest BCUT2D eigenvalue weighted by atomic mass is 9.86. The van der Waals surface area contributed by atoms with Crippen molar-refractivity contribution in [1.29, 1.82) is 0 Å². The summed E-state index contributed by atoms with van der Waals surface area (Å²) in [4.78, 5) is 40.3. The van der Waals surface area contributed by atoms with Gasteiger partial charge in [-0.15, -0.1) is 11.3 Å². The molecule has 1 saturated carbocycles.